The summed E-state index contributed by atoms with van der Waals surface area (Å²) in [5.74, 6) is 0.158. The molecule has 1 aliphatic rings. The van der Waals surface area contributed by atoms with Crippen molar-refractivity contribution in [3.05, 3.63) is 64.1 Å². The molecule has 1 aliphatic heterocycles. The van der Waals surface area contributed by atoms with Gasteiger partial charge < -0.3 is 9.80 Å². The van der Waals surface area contributed by atoms with Crippen molar-refractivity contribution >= 4 is 17.5 Å². The van der Waals surface area contributed by atoms with Crippen molar-refractivity contribution in [3.63, 3.8) is 0 Å². The number of nitrogens with zero attached hydrogens (tertiary/aromatic N) is 5. The largest absolute Gasteiger partial charge is 0.339 e. The first-order valence-electron chi connectivity index (χ1n) is 10.8. The van der Waals surface area contributed by atoms with Gasteiger partial charge in [-0.25, -0.2) is 9.50 Å². The number of rotatable bonds is 4. The second-order valence-electron chi connectivity index (χ2n) is 8.36. The third-order valence-electron chi connectivity index (χ3n) is 6.09. The first-order valence-corrected chi connectivity index (χ1v) is 10.8. The number of piperazine rings is 1. The molecule has 0 unspecified atom stereocenters. The summed E-state index contributed by atoms with van der Waals surface area (Å²) in [6.45, 7) is 10.3. The second-order valence-corrected chi connectivity index (χ2v) is 8.36. The van der Waals surface area contributed by atoms with E-state index in [0.29, 0.717) is 44.6 Å². The lowest BCUT2D eigenvalue weighted by atomic mass is 10.1. The molecule has 0 aliphatic carbocycles. The van der Waals surface area contributed by atoms with Crippen LogP contribution in [-0.4, -0.2) is 62.4 Å². The fourth-order valence-corrected chi connectivity index (χ4v) is 4.23. The summed E-state index contributed by atoms with van der Waals surface area (Å²) in [6, 6.07) is 9.60. The molecule has 3 aromatic rings. The monoisotopic (exact) mass is 419 g/mol. The fourth-order valence-electron chi connectivity index (χ4n) is 4.23. The number of hydrogen-bond donors (Lipinski definition) is 0. The Labute approximate surface area is 182 Å². The molecule has 2 amide bonds. The number of aromatic nitrogens is 3. The van der Waals surface area contributed by atoms with E-state index in [4.69, 9.17) is 0 Å². The van der Waals surface area contributed by atoms with Gasteiger partial charge in [0.25, 0.3) is 5.91 Å². The lowest BCUT2D eigenvalue weighted by Crippen LogP contribution is -2.50. The topological polar surface area (TPSA) is 70.8 Å². The third kappa shape index (κ3) is 4.31. The Hall–Kier alpha value is -3.22. The summed E-state index contributed by atoms with van der Waals surface area (Å²) in [5.41, 5.74) is 6.68. The number of hydrogen-bond acceptors (Lipinski definition) is 4. The van der Waals surface area contributed by atoms with E-state index in [0.717, 1.165) is 33.9 Å². The van der Waals surface area contributed by atoms with Crippen LogP contribution in [0.25, 0.3) is 5.65 Å². The Morgan fingerprint density at radius 1 is 0.935 bits per heavy atom. The van der Waals surface area contributed by atoms with E-state index in [1.807, 2.05) is 72.3 Å². The molecule has 3 heterocycles. The number of carbonyl (C=O) groups is 2. The van der Waals surface area contributed by atoms with Crippen molar-refractivity contribution in [2.75, 3.05) is 26.2 Å². The Morgan fingerprint density at radius 2 is 1.58 bits per heavy atom. The molecular weight excluding hydrogens is 390 g/mol. The van der Waals surface area contributed by atoms with Crippen LogP contribution in [0.2, 0.25) is 0 Å². The minimum atomic E-state index is 0.0345. The lowest BCUT2D eigenvalue weighted by molar-refractivity contribution is -0.132. The molecule has 31 heavy (non-hydrogen) atoms. The standard InChI is InChI=1S/C24H29N5O2/c1-16-5-7-20(8-6-16)24(31)28-13-11-27(12-14-28)23(30)10-9-21-18(3)25-22-15-17(2)26-29(22)19(21)4/h5-8,15H,9-14H2,1-4H3. The minimum Gasteiger partial charge on any atom is -0.339 e. The van der Waals surface area contributed by atoms with Crippen LogP contribution >= 0.6 is 0 Å². The zero-order chi connectivity index (χ0) is 22.1. The van der Waals surface area contributed by atoms with Crippen molar-refractivity contribution in [1.29, 1.82) is 0 Å². The number of carbonyl (C=O) groups excluding carboxylic acids is 2. The van der Waals surface area contributed by atoms with Gasteiger partial charge in [0.2, 0.25) is 5.91 Å². The highest BCUT2D eigenvalue weighted by Gasteiger charge is 2.25. The van der Waals surface area contributed by atoms with Crippen LogP contribution in [0.1, 0.15) is 45.0 Å². The molecule has 7 nitrogen and oxygen atoms in total. The zero-order valence-corrected chi connectivity index (χ0v) is 18.7. The van der Waals surface area contributed by atoms with Gasteiger partial charge in [0, 0.05) is 55.6 Å². The van der Waals surface area contributed by atoms with E-state index in [-0.39, 0.29) is 11.8 Å². The Kier molecular flexibility index (Phi) is 5.76. The normalized spacial score (nSPS) is 14.3. The van der Waals surface area contributed by atoms with Crippen LogP contribution in [0.4, 0.5) is 0 Å². The maximum Gasteiger partial charge on any atom is 0.253 e. The highest BCUT2D eigenvalue weighted by Crippen LogP contribution is 2.18. The number of aryl methyl sites for hydroxylation is 4. The molecule has 0 saturated carbocycles. The quantitative estimate of drug-likeness (QED) is 0.652. The molecule has 1 aromatic carbocycles. The zero-order valence-electron chi connectivity index (χ0n) is 18.7. The van der Waals surface area contributed by atoms with E-state index < -0.39 is 0 Å². The first-order chi connectivity index (χ1) is 14.8. The van der Waals surface area contributed by atoms with Gasteiger partial charge in [-0.05, 0) is 51.8 Å². The molecule has 0 bridgehead atoms. The van der Waals surface area contributed by atoms with Gasteiger partial charge in [0.15, 0.2) is 5.65 Å². The van der Waals surface area contributed by atoms with Gasteiger partial charge in [0.05, 0.1) is 5.69 Å². The van der Waals surface area contributed by atoms with Crippen LogP contribution in [0.15, 0.2) is 30.3 Å². The van der Waals surface area contributed by atoms with E-state index in [1.54, 1.807) is 0 Å². The molecule has 0 radical (unpaired) electrons. The fraction of sp³-hybridized carbons (Fsp3) is 0.417. The Balaban J connectivity index is 1.35. The summed E-state index contributed by atoms with van der Waals surface area (Å²) >= 11 is 0. The van der Waals surface area contributed by atoms with Gasteiger partial charge >= 0.3 is 0 Å². The molecule has 0 spiro atoms. The summed E-state index contributed by atoms with van der Waals surface area (Å²) in [6.07, 6.45) is 1.07. The summed E-state index contributed by atoms with van der Waals surface area (Å²) in [7, 11) is 0. The van der Waals surface area contributed by atoms with Gasteiger partial charge in [-0.1, -0.05) is 17.7 Å². The summed E-state index contributed by atoms with van der Waals surface area (Å²) in [5, 5.41) is 4.51. The van der Waals surface area contributed by atoms with Gasteiger partial charge in [0.1, 0.15) is 0 Å². The smallest absolute Gasteiger partial charge is 0.253 e. The van der Waals surface area contributed by atoms with E-state index >= 15 is 0 Å². The average Bonchev–Trinajstić information content (AvgIpc) is 3.14. The van der Waals surface area contributed by atoms with Crippen LogP contribution < -0.4 is 0 Å². The lowest BCUT2D eigenvalue weighted by Gasteiger charge is -2.35. The second kappa shape index (κ2) is 8.49. The van der Waals surface area contributed by atoms with Crippen molar-refractivity contribution in [1.82, 2.24) is 24.4 Å². The van der Waals surface area contributed by atoms with Crippen molar-refractivity contribution < 1.29 is 9.59 Å². The van der Waals surface area contributed by atoms with Crippen LogP contribution in [0, 0.1) is 27.7 Å². The van der Waals surface area contributed by atoms with Crippen LogP contribution in [0.3, 0.4) is 0 Å². The predicted molar refractivity (Wildman–Crippen MR) is 119 cm³/mol. The summed E-state index contributed by atoms with van der Waals surface area (Å²) in [4.78, 5) is 33.9. The molecule has 0 atom stereocenters. The molecular formula is C24H29N5O2. The first kappa shape index (κ1) is 21.0. The maximum atomic E-state index is 12.8. The molecule has 4 rings (SSSR count). The third-order valence-corrected chi connectivity index (χ3v) is 6.09. The van der Waals surface area contributed by atoms with Crippen molar-refractivity contribution in [2.45, 2.75) is 40.5 Å². The number of amides is 2. The summed E-state index contributed by atoms with van der Waals surface area (Å²) < 4.78 is 1.86. The SMILES string of the molecule is Cc1ccc(C(=O)N2CCN(C(=O)CCc3c(C)nc4cc(C)nn4c3C)CC2)cc1. The van der Waals surface area contributed by atoms with Crippen LogP contribution in [-0.2, 0) is 11.2 Å². The molecule has 1 saturated heterocycles. The molecule has 0 N–H and O–H groups in total. The predicted octanol–water partition coefficient (Wildman–Crippen LogP) is 2.88. The average molecular weight is 420 g/mol. The van der Waals surface area contributed by atoms with E-state index in [1.165, 1.54) is 0 Å². The maximum absolute atomic E-state index is 12.8. The van der Waals surface area contributed by atoms with Crippen molar-refractivity contribution in [3.8, 4) is 0 Å². The van der Waals surface area contributed by atoms with Gasteiger partial charge in [-0.3, -0.25) is 9.59 Å². The van der Waals surface area contributed by atoms with E-state index in [9.17, 15) is 9.59 Å². The molecule has 1 fully saturated rings. The highest BCUT2D eigenvalue weighted by atomic mass is 16.2. The van der Waals surface area contributed by atoms with Crippen LogP contribution in [0.5, 0.6) is 0 Å². The minimum absolute atomic E-state index is 0.0345. The van der Waals surface area contributed by atoms with E-state index in [2.05, 4.69) is 10.1 Å². The molecule has 162 valence electrons. The van der Waals surface area contributed by atoms with Gasteiger partial charge in [-0.15, -0.1) is 0 Å². The van der Waals surface area contributed by atoms with Gasteiger partial charge in [-0.2, -0.15) is 5.10 Å². The number of benzene rings is 1. The molecule has 7 heteroatoms. The number of fused-ring (bicyclic) bond motifs is 1. The Bertz CT molecular complexity index is 1130. The molecule has 2 aromatic heterocycles. The Morgan fingerprint density at radius 3 is 2.26 bits per heavy atom. The van der Waals surface area contributed by atoms with Crippen molar-refractivity contribution in [2.24, 2.45) is 0 Å². The highest BCUT2D eigenvalue weighted by molar-refractivity contribution is 5.94.